The predicted octanol–water partition coefficient (Wildman–Crippen LogP) is 2.26. The second kappa shape index (κ2) is 7.24. The Morgan fingerprint density at radius 2 is 1.95 bits per heavy atom. The van der Waals surface area contributed by atoms with Gasteiger partial charge in [0.05, 0.1) is 5.69 Å². The van der Waals surface area contributed by atoms with Crippen LogP contribution in [0.15, 0.2) is 6.07 Å². The van der Waals surface area contributed by atoms with E-state index in [4.69, 9.17) is 0 Å². The first-order chi connectivity index (χ1) is 9.81. The van der Waals surface area contributed by atoms with Gasteiger partial charge in [0.25, 0.3) is 5.91 Å². The zero-order valence-corrected chi connectivity index (χ0v) is 13.4. The van der Waals surface area contributed by atoms with Gasteiger partial charge in [0, 0.05) is 6.54 Å². The highest BCUT2D eigenvalue weighted by Gasteiger charge is 2.27. The Kier molecular flexibility index (Phi) is 5.93. The predicted molar refractivity (Wildman–Crippen MR) is 80.3 cm³/mol. The molecular weight excluding hydrogens is 270 g/mol. The fourth-order valence-corrected chi connectivity index (χ4v) is 2.04. The molecule has 2 atom stereocenters. The maximum atomic E-state index is 12.4. The standard InChI is InChI=1S/C15H25N3O3/c1-6-10(5)13(15(20)21)16-14(19)12-8-11(9(3)4)17-18(12)7-2/h8-10,13H,6-7H2,1-5H3,(H,16,19)(H,20,21)/t10?,13-/m0/s1. The summed E-state index contributed by atoms with van der Waals surface area (Å²) in [7, 11) is 0. The van der Waals surface area contributed by atoms with Crippen LogP contribution in [-0.4, -0.2) is 32.8 Å². The highest BCUT2D eigenvalue weighted by atomic mass is 16.4. The number of aryl methyl sites for hydroxylation is 1. The number of rotatable bonds is 7. The number of aromatic nitrogens is 2. The third-order valence-corrected chi connectivity index (χ3v) is 3.69. The van der Waals surface area contributed by atoms with Crippen LogP contribution in [0.5, 0.6) is 0 Å². The van der Waals surface area contributed by atoms with E-state index >= 15 is 0 Å². The monoisotopic (exact) mass is 295 g/mol. The van der Waals surface area contributed by atoms with Crippen molar-refractivity contribution >= 4 is 11.9 Å². The van der Waals surface area contributed by atoms with Crippen LogP contribution in [0.3, 0.4) is 0 Å². The van der Waals surface area contributed by atoms with Crippen LogP contribution in [0.4, 0.5) is 0 Å². The van der Waals surface area contributed by atoms with E-state index in [2.05, 4.69) is 10.4 Å². The van der Waals surface area contributed by atoms with E-state index in [0.717, 1.165) is 5.69 Å². The maximum absolute atomic E-state index is 12.4. The lowest BCUT2D eigenvalue weighted by Gasteiger charge is -2.20. The van der Waals surface area contributed by atoms with E-state index in [9.17, 15) is 14.7 Å². The van der Waals surface area contributed by atoms with Gasteiger partial charge in [-0.15, -0.1) is 0 Å². The summed E-state index contributed by atoms with van der Waals surface area (Å²) in [5.41, 5.74) is 1.24. The smallest absolute Gasteiger partial charge is 0.326 e. The lowest BCUT2D eigenvalue weighted by atomic mass is 9.99. The molecule has 1 amide bonds. The maximum Gasteiger partial charge on any atom is 0.326 e. The average Bonchev–Trinajstić information content (AvgIpc) is 2.87. The number of hydrogen-bond donors (Lipinski definition) is 2. The molecule has 6 nitrogen and oxygen atoms in total. The van der Waals surface area contributed by atoms with Crippen molar-refractivity contribution in [2.24, 2.45) is 5.92 Å². The minimum atomic E-state index is -1.01. The zero-order valence-electron chi connectivity index (χ0n) is 13.4. The molecule has 0 aromatic carbocycles. The molecule has 1 heterocycles. The molecule has 0 aliphatic rings. The molecule has 0 fully saturated rings. The van der Waals surface area contributed by atoms with E-state index in [0.29, 0.717) is 18.7 Å². The number of carbonyl (C=O) groups is 2. The third kappa shape index (κ3) is 4.06. The first-order valence-corrected chi connectivity index (χ1v) is 7.43. The van der Waals surface area contributed by atoms with Crippen molar-refractivity contribution in [3.8, 4) is 0 Å². The van der Waals surface area contributed by atoms with Crippen LogP contribution in [0.1, 0.15) is 63.1 Å². The fourth-order valence-electron chi connectivity index (χ4n) is 2.04. The van der Waals surface area contributed by atoms with E-state index in [-0.39, 0.29) is 17.7 Å². The third-order valence-electron chi connectivity index (χ3n) is 3.69. The second-order valence-electron chi connectivity index (χ2n) is 5.60. The summed E-state index contributed by atoms with van der Waals surface area (Å²) in [5.74, 6) is -1.31. The molecule has 6 heteroatoms. The van der Waals surface area contributed by atoms with E-state index in [1.54, 1.807) is 10.7 Å². The molecule has 0 aliphatic heterocycles. The number of nitrogens with one attached hydrogen (secondary N) is 1. The molecule has 2 N–H and O–H groups in total. The van der Waals surface area contributed by atoms with Crippen molar-refractivity contribution in [2.75, 3.05) is 0 Å². The van der Waals surface area contributed by atoms with Crippen molar-refractivity contribution in [3.05, 3.63) is 17.5 Å². The summed E-state index contributed by atoms with van der Waals surface area (Å²) in [6, 6.07) is 0.851. The zero-order chi connectivity index (χ0) is 16.2. The van der Waals surface area contributed by atoms with Crippen LogP contribution in [0, 0.1) is 5.92 Å². The number of carboxylic acid groups (broad SMARTS) is 1. The molecular formula is C15H25N3O3. The molecule has 1 unspecified atom stereocenters. The molecule has 21 heavy (non-hydrogen) atoms. The summed E-state index contributed by atoms with van der Waals surface area (Å²) in [6.45, 7) is 10.2. The number of carboxylic acids is 1. The Morgan fingerprint density at radius 1 is 1.33 bits per heavy atom. The van der Waals surface area contributed by atoms with Crippen LogP contribution < -0.4 is 5.32 Å². The van der Waals surface area contributed by atoms with Crippen molar-refractivity contribution < 1.29 is 14.7 Å². The van der Waals surface area contributed by atoms with Gasteiger partial charge in [0.2, 0.25) is 0 Å². The molecule has 0 aliphatic carbocycles. The quantitative estimate of drug-likeness (QED) is 0.808. The summed E-state index contributed by atoms with van der Waals surface area (Å²) in [6.07, 6.45) is 0.682. The number of nitrogens with zero attached hydrogens (tertiary/aromatic N) is 2. The SMILES string of the molecule is CCC(C)[C@H](NC(=O)c1cc(C(C)C)nn1CC)C(=O)O. The Morgan fingerprint density at radius 3 is 2.38 bits per heavy atom. The first-order valence-electron chi connectivity index (χ1n) is 7.43. The van der Waals surface area contributed by atoms with Gasteiger partial charge in [-0.05, 0) is 24.8 Å². The highest BCUT2D eigenvalue weighted by Crippen LogP contribution is 2.15. The van der Waals surface area contributed by atoms with Gasteiger partial charge in [0.1, 0.15) is 11.7 Å². The summed E-state index contributed by atoms with van der Waals surface area (Å²) >= 11 is 0. The van der Waals surface area contributed by atoms with E-state index in [1.165, 1.54) is 0 Å². The van der Waals surface area contributed by atoms with Gasteiger partial charge in [-0.25, -0.2) is 4.79 Å². The molecule has 0 bridgehead atoms. The Labute approximate surface area is 125 Å². The summed E-state index contributed by atoms with van der Waals surface area (Å²) in [4.78, 5) is 23.7. The van der Waals surface area contributed by atoms with E-state index < -0.39 is 12.0 Å². The van der Waals surface area contributed by atoms with Gasteiger partial charge in [-0.2, -0.15) is 5.10 Å². The molecule has 0 saturated carbocycles. The fraction of sp³-hybridized carbons (Fsp3) is 0.667. The molecule has 1 rings (SSSR count). The number of amides is 1. The number of carbonyl (C=O) groups excluding carboxylic acids is 1. The van der Waals surface area contributed by atoms with Gasteiger partial charge in [-0.1, -0.05) is 34.1 Å². The van der Waals surface area contributed by atoms with E-state index in [1.807, 2.05) is 34.6 Å². The molecule has 118 valence electrons. The van der Waals surface area contributed by atoms with Crippen LogP contribution in [-0.2, 0) is 11.3 Å². The lowest BCUT2D eigenvalue weighted by Crippen LogP contribution is -2.45. The number of aliphatic carboxylic acids is 1. The lowest BCUT2D eigenvalue weighted by molar-refractivity contribution is -0.140. The normalized spacial score (nSPS) is 14.0. The summed E-state index contributed by atoms with van der Waals surface area (Å²) in [5, 5.41) is 16.2. The largest absolute Gasteiger partial charge is 0.480 e. The van der Waals surface area contributed by atoms with Crippen molar-refractivity contribution in [3.63, 3.8) is 0 Å². The molecule has 0 saturated heterocycles. The summed E-state index contributed by atoms with van der Waals surface area (Å²) < 4.78 is 1.61. The Hall–Kier alpha value is -1.85. The van der Waals surface area contributed by atoms with Crippen molar-refractivity contribution in [2.45, 2.75) is 59.5 Å². The minimum Gasteiger partial charge on any atom is -0.480 e. The van der Waals surface area contributed by atoms with Gasteiger partial charge < -0.3 is 10.4 Å². The van der Waals surface area contributed by atoms with Gasteiger partial charge in [0.15, 0.2) is 0 Å². The molecule has 0 spiro atoms. The number of hydrogen-bond acceptors (Lipinski definition) is 3. The van der Waals surface area contributed by atoms with Crippen molar-refractivity contribution in [1.29, 1.82) is 0 Å². The molecule has 1 aromatic heterocycles. The minimum absolute atomic E-state index is 0.131. The topological polar surface area (TPSA) is 84.2 Å². The first kappa shape index (κ1) is 17.2. The van der Waals surface area contributed by atoms with Crippen LogP contribution in [0.2, 0.25) is 0 Å². The van der Waals surface area contributed by atoms with Crippen LogP contribution >= 0.6 is 0 Å². The Balaban J connectivity index is 2.99. The highest BCUT2D eigenvalue weighted by molar-refractivity contribution is 5.95. The van der Waals surface area contributed by atoms with Crippen molar-refractivity contribution in [1.82, 2.24) is 15.1 Å². The second-order valence-corrected chi connectivity index (χ2v) is 5.60. The molecule has 1 aromatic rings. The Bertz CT molecular complexity index is 508. The van der Waals surface area contributed by atoms with Gasteiger partial charge in [-0.3, -0.25) is 9.48 Å². The average molecular weight is 295 g/mol. The van der Waals surface area contributed by atoms with Crippen LogP contribution in [0.25, 0.3) is 0 Å². The van der Waals surface area contributed by atoms with Gasteiger partial charge >= 0.3 is 5.97 Å². The molecule has 0 radical (unpaired) electrons.